The van der Waals surface area contributed by atoms with Crippen LogP contribution in [0, 0.1) is 24.7 Å². The van der Waals surface area contributed by atoms with Gasteiger partial charge in [-0.05, 0) is 31.4 Å². The minimum atomic E-state index is 0.0624. The Bertz CT molecular complexity index is 575. The maximum Gasteiger partial charge on any atom is 0.225 e. The second-order valence-electron chi connectivity index (χ2n) is 7.31. The number of ether oxygens (including phenoxy) is 2. The average Bonchev–Trinajstić information content (AvgIpc) is 3.12. The second kappa shape index (κ2) is 7.62. The Labute approximate surface area is 144 Å². The molecule has 0 aliphatic carbocycles. The first kappa shape index (κ1) is 17.4. The number of rotatable bonds is 6. The third-order valence-electron chi connectivity index (χ3n) is 5.07. The van der Waals surface area contributed by atoms with Gasteiger partial charge in [-0.3, -0.25) is 9.78 Å². The molecule has 0 aromatic carbocycles. The highest BCUT2D eigenvalue weighted by atomic mass is 16.5. The first-order valence-corrected chi connectivity index (χ1v) is 8.95. The predicted octanol–water partition coefficient (Wildman–Crippen LogP) is 2.43. The Morgan fingerprint density at radius 1 is 1.42 bits per heavy atom. The maximum absolute atomic E-state index is 12.2. The van der Waals surface area contributed by atoms with Crippen molar-refractivity contribution in [3.8, 4) is 0 Å². The molecule has 0 bridgehead atoms. The fraction of sp³-hybridized carbons (Fsp3) is 0.684. The van der Waals surface area contributed by atoms with E-state index in [1.165, 1.54) is 0 Å². The Morgan fingerprint density at radius 2 is 2.25 bits per heavy atom. The molecule has 24 heavy (non-hydrogen) atoms. The molecule has 1 aromatic rings. The van der Waals surface area contributed by atoms with Crippen LogP contribution in [0.1, 0.15) is 31.7 Å². The largest absolute Gasteiger partial charge is 0.376 e. The normalized spacial score (nSPS) is 26.2. The summed E-state index contributed by atoms with van der Waals surface area (Å²) in [6.07, 6.45) is 1.20. The van der Waals surface area contributed by atoms with Crippen molar-refractivity contribution in [3.63, 3.8) is 0 Å². The molecule has 2 saturated heterocycles. The molecule has 3 rings (SSSR count). The quantitative estimate of drug-likeness (QED) is 0.751. The number of carbonyl (C=O) groups excluding carboxylic acids is 1. The van der Waals surface area contributed by atoms with Crippen LogP contribution in [0.4, 0.5) is 0 Å². The first-order chi connectivity index (χ1) is 11.5. The minimum absolute atomic E-state index is 0.0624. The zero-order valence-electron chi connectivity index (χ0n) is 14.9. The van der Waals surface area contributed by atoms with Gasteiger partial charge in [0.15, 0.2) is 0 Å². The lowest BCUT2D eigenvalue weighted by atomic mass is 9.91. The molecule has 0 radical (unpaired) electrons. The Kier molecular flexibility index (Phi) is 5.51. The van der Waals surface area contributed by atoms with Crippen molar-refractivity contribution in [2.45, 2.75) is 39.9 Å². The molecule has 2 aliphatic rings. The number of likely N-dealkylation sites (tertiary alicyclic amines) is 1. The van der Waals surface area contributed by atoms with Gasteiger partial charge in [-0.15, -0.1) is 0 Å². The molecule has 0 saturated carbocycles. The molecule has 5 heteroatoms. The van der Waals surface area contributed by atoms with E-state index in [1.807, 2.05) is 43.9 Å². The van der Waals surface area contributed by atoms with Gasteiger partial charge in [0.05, 0.1) is 25.0 Å². The summed E-state index contributed by atoms with van der Waals surface area (Å²) >= 11 is 0. The smallest absolute Gasteiger partial charge is 0.225 e. The Morgan fingerprint density at radius 3 is 3.00 bits per heavy atom. The van der Waals surface area contributed by atoms with E-state index in [0.717, 1.165) is 37.5 Å². The molecular formula is C19H28N2O3. The third kappa shape index (κ3) is 3.95. The molecule has 0 spiro atoms. The van der Waals surface area contributed by atoms with Gasteiger partial charge in [0.1, 0.15) is 0 Å². The van der Waals surface area contributed by atoms with E-state index in [4.69, 9.17) is 9.47 Å². The number of nitrogens with zero attached hydrogens (tertiary/aromatic N) is 2. The summed E-state index contributed by atoms with van der Waals surface area (Å²) in [7, 11) is 0. The predicted molar refractivity (Wildman–Crippen MR) is 91.4 cm³/mol. The maximum atomic E-state index is 12.2. The van der Waals surface area contributed by atoms with Crippen LogP contribution in [0.25, 0.3) is 0 Å². The fourth-order valence-corrected chi connectivity index (χ4v) is 3.73. The molecule has 3 atom stereocenters. The summed E-state index contributed by atoms with van der Waals surface area (Å²) in [5.74, 6) is 1.26. The Hall–Kier alpha value is -1.46. The molecular weight excluding hydrogens is 304 g/mol. The number of amides is 1. The number of hydrogen-bond donors (Lipinski definition) is 0. The van der Waals surface area contributed by atoms with Crippen molar-refractivity contribution in [3.05, 3.63) is 29.6 Å². The van der Waals surface area contributed by atoms with Gasteiger partial charge in [-0.25, -0.2) is 0 Å². The summed E-state index contributed by atoms with van der Waals surface area (Å²) in [6, 6.07) is 5.99. The summed E-state index contributed by atoms with van der Waals surface area (Å²) < 4.78 is 11.7. The first-order valence-electron chi connectivity index (χ1n) is 8.95. The van der Waals surface area contributed by atoms with E-state index in [9.17, 15) is 4.79 Å². The Balaban J connectivity index is 1.43. The third-order valence-corrected chi connectivity index (χ3v) is 5.07. The van der Waals surface area contributed by atoms with Gasteiger partial charge in [-0.2, -0.15) is 0 Å². The van der Waals surface area contributed by atoms with Crippen molar-refractivity contribution >= 4 is 5.91 Å². The van der Waals surface area contributed by atoms with E-state index >= 15 is 0 Å². The molecule has 1 amide bonds. The number of pyridine rings is 1. The molecule has 5 nitrogen and oxygen atoms in total. The fourth-order valence-electron chi connectivity index (χ4n) is 3.73. The van der Waals surface area contributed by atoms with Crippen molar-refractivity contribution in [1.82, 2.24) is 9.88 Å². The van der Waals surface area contributed by atoms with Crippen LogP contribution in [0.5, 0.6) is 0 Å². The van der Waals surface area contributed by atoms with Gasteiger partial charge in [-0.1, -0.05) is 19.9 Å². The molecule has 1 aromatic heterocycles. The lowest BCUT2D eigenvalue weighted by Crippen LogP contribution is -2.34. The summed E-state index contributed by atoms with van der Waals surface area (Å²) in [6.45, 7) is 9.57. The topological polar surface area (TPSA) is 51.7 Å². The SMILES string of the molecule is Cc1cccc(COCC[C@H]2CO[C@H]3CN(C(=O)C(C)C)C[C@@H]23)n1. The van der Waals surface area contributed by atoms with E-state index < -0.39 is 0 Å². The van der Waals surface area contributed by atoms with Gasteiger partial charge in [0, 0.05) is 37.2 Å². The molecule has 2 aliphatic heterocycles. The van der Waals surface area contributed by atoms with Crippen LogP contribution >= 0.6 is 0 Å². The van der Waals surface area contributed by atoms with Crippen LogP contribution in [0.2, 0.25) is 0 Å². The minimum Gasteiger partial charge on any atom is -0.376 e. The number of aryl methyl sites for hydroxylation is 1. The standard InChI is InChI=1S/C19H28N2O3/c1-13(2)19(22)21-9-17-15(11-24-18(17)10-21)7-8-23-12-16-6-4-5-14(3)20-16/h4-6,13,15,17-18H,7-12H2,1-3H3/t15-,17-,18-/m0/s1. The molecule has 2 fully saturated rings. The van der Waals surface area contributed by atoms with E-state index in [1.54, 1.807) is 0 Å². The van der Waals surface area contributed by atoms with Gasteiger partial charge in [0.25, 0.3) is 0 Å². The number of hydrogen-bond acceptors (Lipinski definition) is 4. The van der Waals surface area contributed by atoms with Crippen molar-refractivity contribution in [1.29, 1.82) is 0 Å². The van der Waals surface area contributed by atoms with E-state index in [2.05, 4.69) is 4.98 Å². The molecule has 0 N–H and O–H groups in total. The molecule has 132 valence electrons. The van der Waals surface area contributed by atoms with Crippen molar-refractivity contribution in [2.24, 2.45) is 17.8 Å². The monoisotopic (exact) mass is 332 g/mol. The molecule has 3 heterocycles. The average molecular weight is 332 g/mol. The van der Waals surface area contributed by atoms with Crippen molar-refractivity contribution < 1.29 is 14.3 Å². The van der Waals surface area contributed by atoms with Gasteiger partial charge in [0.2, 0.25) is 5.91 Å². The number of fused-ring (bicyclic) bond motifs is 1. The zero-order chi connectivity index (χ0) is 17.1. The van der Waals surface area contributed by atoms with Crippen LogP contribution in [-0.4, -0.2) is 48.2 Å². The van der Waals surface area contributed by atoms with Crippen LogP contribution in [0.3, 0.4) is 0 Å². The zero-order valence-corrected chi connectivity index (χ0v) is 14.9. The molecule has 0 unspecified atom stereocenters. The number of carbonyl (C=O) groups is 1. The van der Waals surface area contributed by atoms with E-state index in [0.29, 0.717) is 25.0 Å². The highest BCUT2D eigenvalue weighted by Crippen LogP contribution is 2.36. The summed E-state index contributed by atoms with van der Waals surface area (Å²) in [4.78, 5) is 18.6. The van der Waals surface area contributed by atoms with E-state index in [-0.39, 0.29) is 17.9 Å². The summed E-state index contributed by atoms with van der Waals surface area (Å²) in [5, 5.41) is 0. The second-order valence-corrected chi connectivity index (χ2v) is 7.31. The van der Waals surface area contributed by atoms with Gasteiger partial charge >= 0.3 is 0 Å². The lowest BCUT2D eigenvalue weighted by Gasteiger charge is -2.21. The van der Waals surface area contributed by atoms with Crippen LogP contribution in [0.15, 0.2) is 18.2 Å². The highest BCUT2D eigenvalue weighted by Gasteiger charge is 2.45. The van der Waals surface area contributed by atoms with Crippen molar-refractivity contribution in [2.75, 3.05) is 26.3 Å². The van der Waals surface area contributed by atoms with Crippen LogP contribution < -0.4 is 0 Å². The number of aromatic nitrogens is 1. The lowest BCUT2D eigenvalue weighted by molar-refractivity contribution is -0.134. The summed E-state index contributed by atoms with van der Waals surface area (Å²) in [5.41, 5.74) is 1.99. The van der Waals surface area contributed by atoms with Gasteiger partial charge < -0.3 is 14.4 Å². The highest BCUT2D eigenvalue weighted by molar-refractivity contribution is 5.78. The van der Waals surface area contributed by atoms with Crippen LogP contribution in [-0.2, 0) is 20.9 Å².